The second-order valence-corrected chi connectivity index (χ2v) is 7.71. The van der Waals surface area contributed by atoms with E-state index in [1.54, 1.807) is 0 Å². The van der Waals surface area contributed by atoms with Crippen LogP contribution in [0, 0.1) is 11.3 Å². The van der Waals surface area contributed by atoms with Crippen LogP contribution in [-0.2, 0) is 4.79 Å². The van der Waals surface area contributed by atoms with Gasteiger partial charge in [-0.05, 0) is 30.6 Å². The molecule has 0 N–H and O–H groups in total. The normalized spacial score (nSPS) is 39.1. The summed E-state index contributed by atoms with van der Waals surface area (Å²) in [6, 6.07) is 0.480. The Morgan fingerprint density at radius 1 is 1.38 bits per heavy atom. The van der Waals surface area contributed by atoms with Gasteiger partial charge in [-0.3, -0.25) is 4.79 Å². The van der Waals surface area contributed by atoms with Crippen LogP contribution in [0.3, 0.4) is 0 Å². The third-order valence-electron chi connectivity index (χ3n) is 3.92. The minimum atomic E-state index is 0.344. The zero-order valence-corrected chi connectivity index (χ0v) is 12.1. The first-order chi connectivity index (χ1) is 7.37. The topological polar surface area (TPSA) is 20.3 Å². The molecule has 3 atom stereocenters. The van der Waals surface area contributed by atoms with Gasteiger partial charge < -0.3 is 4.90 Å². The highest BCUT2D eigenvalue weighted by molar-refractivity contribution is 9.09. The molecule has 1 saturated heterocycles. The minimum absolute atomic E-state index is 0.344. The van der Waals surface area contributed by atoms with Gasteiger partial charge in [0.25, 0.3) is 0 Å². The second kappa shape index (κ2) is 4.32. The maximum absolute atomic E-state index is 11.9. The van der Waals surface area contributed by atoms with Crippen LogP contribution in [0.1, 0.15) is 46.5 Å². The Kier molecular flexibility index (Phi) is 3.35. The Labute approximate surface area is 107 Å². The van der Waals surface area contributed by atoms with E-state index in [4.69, 9.17) is 0 Å². The highest BCUT2D eigenvalue weighted by atomic mass is 79.9. The number of rotatable bonds is 1. The molecule has 1 heterocycles. The van der Waals surface area contributed by atoms with Gasteiger partial charge >= 0.3 is 0 Å². The van der Waals surface area contributed by atoms with E-state index in [-0.39, 0.29) is 0 Å². The molecule has 2 aliphatic rings. The van der Waals surface area contributed by atoms with Crippen LogP contribution < -0.4 is 0 Å². The molecule has 0 aromatic heterocycles. The van der Waals surface area contributed by atoms with Gasteiger partial charge in [-0.2, -0.15) is 0 Å². The fourth-order valence-corrected chi connectivity index (χ4v) is 4.16. The van der Waals surface area contributed by atoms with Crippen molar-refractivity contribution in [2.24, 2.45) is 11.3 Å². The lowest BCUT2D eigenvalue weighted by atomic mass is 9.70. The summed E-state index contributed by atoms with van der Waals surface area (Å²) in [6.45, 7) is 7.90. The summed E-state index contributed by atoms with van der Waals surface area (Å²) in [5.41, 5.74) is 0.396. The summed E-state index contributed by atoms with van der Waals surface area (Å²) in [4.78, 5) is 14.4. The van der Waals surface area contributed by atoms with Crippen LogP contribution in [0.15, 0.2) is 0 Å². The summed E-state index contributed by atoms with van der Waals surface area (Å²) < 4.78 is 0. The molecule has 2 nitrogen and oxygen atoms in total. The molecule has 0 aromatic carbocycles. The number of alkyl halides is 1. The van der Waals surface area contributed by atoms with Crippen LogP contribution in [0.25, 0.3) is 0 Å². The summed E-state index contributed by atoms with van der Waals surface area (Å²) in [5.74, 6) is 1.09. The van der Waals surface area contributed by atoms with Gasteiger partial charge in [0.15, 0.2) is 0 Å². The lowest BCUT2D eigenvalue weighted by Crippen LogP contribution is -2.44. The van der Waals surface area contributed by atoms with Crippen LogP contribution in [0.2, 0.25) is 0 Å². The molecule has 2 rings (SSSR count). The van der Waals surface area contributed by atoms with Crippen molar-refractivity contribution in [1.82, 2.24) is 4.90 Å². The zero-order chi connectivity index (χ0) is 11.9. The summed E-state index contributed by atoms with van der Waals surface area (Å²) in [5, 5.41) is 0. The molecule has 1 aliphatic carbocycles. The van der Waals surface area contributed by atoms with Crippen molar-refractivity contribution in [2.75, 3.05) is 6.54 Å². The first-order valence-corrected chi connectivity index (χ1v) is 7.22. The summed E-state index contributed by atoms with van der Waals surface area (Å²) in [6.07, 6.45) is 4.34. The van der Waals surface area contributed by atoms with Gasteiger partial charge in [0.1, 0.15) is 0 Å². The molecule has 3 unspecified atom stereocenters. The van der Waals surface area contributed by atoms with E-state index in [9.17, 15) is 4.79 Å². The van der Waals surface area contributed by atoms with E-state index in [2.05, 4.69) is 41.6 Å². The Morgan fingerprint density at radius 3 is 2.56 bits per heavy atom. The van der Waals surface area contributed by atoms with E-state index in [1.165, 1.54) is 19.3 Å². The molecule has 3 heteroatoms. The average Bonchev–Trinajstić information content (AvgIpc) is 2.41. The highest BCUT2D eigenvalue weighted by Crippen LogP contribution is 2.41. The molecule has 0 radical (unpaired) electrons. The maximum atomic E-state index is 11.9. The molecule has 0 spiro atoms. The number of halogens is 1. The minimum Gasteiger partial charge on any atom is -0.339 e. The fourth-order valence-electron chi connectivity index (χ4n) is 3.57. The summed E-state index contributed by atoms with van der Waals surface area (Å²) in [7, 11) is 0. The van der Waals surface area contributed by atoms with Crippen molar-refractivity contribution in [3.63, 3.8) is 0 Å². The predicted molar refractivity (Wildman–Crippen MR) is 69.6 cm³/mol. The Hall–Kier alpha value is -0.0500. The van der Waals surface area contributed by atoms with Crippen molar-refractivity contribution < 1.29 is 4.79 Å². The largest absolute Gasteiger partial charge is 0.339 e. The first kappa shape index (κ1) is 12.4. The standard InChI is InChI=1S/C13H22BrNO/c1-9-4-11(7-13(2,3)6-9)15-8-10(14)5-12(15)16/h9-11H,4-8H2,1-3H3. The quantitative estimate of drug-likeness (QED) is 0.679. The average molecular weight is 288 g/mol. The highest BCUT2D eigenvalue weighted by Gasteiger charge is 2.39. The van der Waals surface area contributed by atoms with Gasteiger partial charge in [-0.1, -0.05) is 36.7 Å². The van der Waals surface area contributed by atoms with Crippen molar-refractivity contribution in [2.45, 2.75) is 57.3 Å². The molecule has 16 heavy (non-hydrogen) atoms. The molecule has 1 saturated carbocycles. The smallest absolute Gasteiger partial charge is 0.224 e. The monoisotopic (exact) mass is 287 g/mol. The lowest BCUT2D eigenvalue weighted by Gasteiger charge is -2.42. The molecule has 0 aromatic rings. The number of carbonyl (C=O) groups is 1. The Morgan fingerprint density at radius 2 is 2.06 bits per heavy atom. The lowest BCUT2D eigenvalue weighted by molar-refractivity contribution is -0.131. The molecule has 92 valence electrons. The number of carbonyl (C=O) groups excluding carboxylic acids is 1. The molecule has 1 amide bonds. The fraction of sp³-hybridized carbons (Fsp3) is 0.923. The SMILES string of the molecule is CC1CC(N2CC(Br)CC2=O)CC(C)(C)C1. The number of hydrogen-bond acceptors (Lipinski definition) is 1. The third kappa shape index (κ3) is 2.61. The van der Waals surface area contributed by atoms with E-state index in [1.807, 2.05) is 0 Å². The molecule has 0 bridgehead atoms. The van der Waals surface area contributed by atoms with Gasteiger partial charge in [0, 0.05) is 23.8 Å². The van der Waals surface area contributed by atoms with E-state index in [0.29, 0.717) is 28.6 Å². The number of hydrogen-bond donors (Lipinski definition) is 0. The molecule has 1 aliphatic heterocycles. The number of amides is 1. The van der Waals surface area contributed by atoms with Gasteiger partial charge in [0.2, 0.25) is 5.91 Å². The van der Waals surface area contributed by atoms with Crippen LogP contribution in [0.5, 0.6) is 0 Å². The summed E-state index contributed by atoms with van der Waals surface area (Å²) >= 11 is 3.57. The van der Waals surface area contributed by atoms with E-state index < -0.39 is 0 Å². The third-order valence-corrected chi connectivity index (χ3v) is 4.53. The Bertz CT molecular complexity index is 290. The maximum Gasteiger partial charge on any atom is 0.224 e. The van der Waals surface area contributed by atoms with Crippen molar-refractivity contribution in [3.05, 3.63) is 0 Å². The molecular weight excluding hydrogens is 266 g/mol. The van der Waals surface area contributed by atoms with E-state index >= 15 is 0 Å². The Balaban J connectivity index is 2.06. The zero-order valence-electron chi connectivity index (χ0n) is 10.5. The van der Waals surface area contributed by atoms with Crippen LogP contribution in [-0.4, -0.2) is 28.2 Å². The number of likely N-dealkylation sites (tertiary alicyclic amines) is 1. The second-order valence-electron chi connectivity index (χ2n) is 6.41. The first-order valence-electron chi connectivity index (χ1n) is 6.31. The van der Waals surface area contributed by atoms with Gasteiger partial charge in [-0.25, -0.2) is 0 Å². The van der Waals surface area contributed by atoms with Crippen LogP contribution >= 0.6 is 15.9 Å². The van der Waals surface area contributed by atoms with Gasteiger partial charge in [-0.15, -0.1) is 0 Å². The van der Waals surface area contributed by atoms with Crippen LogP contribution in [0.4, 0.5) is 0 Å². The molecular formula is C13H22BrNO. The molecule has 2 fully saturated rings. The van der Waals surface area contributed by atoms with Crippen molar-refractivity contribution in [3.8, 4) is 0 Å². The van der Waals surface area contributed by atoms with Crippen molar-refractivity contribution >= 4 is 21.8 Å². The predicted octanol–water partition coefficient (Wildman–Crippen LogP) is 3.20. The van der Waals surface area contributed by atoms with E-state index in [0.717, 1.165) is 12.5 Å². The number of nitrogens with zero attached hydrogens (tertiary/aromatic N) is 1. The van der Waals surface area contributed by atoms with Crippen molar-refractivity contribution in [1.29, 1.82) is 0 Å². The van der Waals surface area contributed by atoms with Gasteiger partial charge in [0.05, 0.1) is 0 Å².